The van der Waals surface area contributed by atoms with E-state index >= 15 is 0 Å². The van der Waals surface area contributed by atoms with Crippen LogP contribution >= 0.6 is 24.0 Å². The number of hydrogen-bond donors (Lipinski definition) is 2. The lowest BCUT2D eigenvalue weighted by Crippen LogP contribution is -2.54. The van der Waals surface area contributed by atoms with Crippen molar-refractivity contribution < 1.29 is 4.79 Å². The average molecular weight is 246 g/mol. The van der Waals surface area contributed by atoms with Gasteiger partial charge in [-0.3, -0.25) is 4.79 Å². The first-order valence-corrected chi connectivity index (χ1v) is 7.01. The summed E-state index contributed by atoms with van der Waals surface area (Å²) in [6, 6.07) is 0. The molecule has 1 fully saturated rings. The van der Waals surface area contributed by atoms with E-state index in [-0.39, 0.29) is 11.4 Å². The highest BCUT2D eigenvalue weighted by molar-refractivity contribution is 7.98. The molecule has 3 N–H and O–H groups in total. The predicted octanol–water partition coefficient (Wildman–Crippen LogP) is 1.45. The van der Waals surface area contributed by atoms with Crippen LogP contribution in [0.25, 0.3) is 0 Å². The maximum absolute atomic E-state index is 11.6. The molecule has 0 radical (unpaired) electrons. The molecule has 0 unspecified atom stereocenters. The molecule has 0 saturated heterocycles. The molecule has 0 aliphatic heterocycles. The molecule has 86 valence electrons. The maximum Gasteiger partial charge on any atom is 0.221 e. The number of rotatable bonds is 5. The van der Waals surface area contributed by atoms with Gasteiger partial charge in [0.25, 0.3) is 0 Å². The summed E-state index contributed by atoms with van der Waals surface area (Å²) in [6.07, 6.45) is 6.53. The number of amides is 1. The number of carbonyl (C=O) groups excluding carboxylic acids is 1. The summed E-state index contributed by atoms with van der Waals surface area (Å²) < 4.78 is 0. The van der Waals surface area contributed by atoms with Gasteiger partial charge in [-0.1, -0.05) is 25.1 Å². The van der Waals surface area contributed by atoms with Crippen LogP contribution < -0.4 is 11.1 Å². The quantitative estimate of drug-likeness (QED) is 0.721. The van der Waals surface area contributed by atoms with E-state index in [2.05, 4.69) is 5.32 Å². The van der Waals surface area contributed by atoms with Crippen LogP contribution in [0.2, 0.25) is 0 Å². The highest BCUT2D eigenvalue weighted by atomic mass is 32.2. The van der Waals surface area contributed by atoms with E-state index in [1.165, 1.54) is 0 Å². The molecule has 0 bridgehead atoms. The van der Waals surface area contributed by atoms with Crippen LogP contribution in [0.15, 0.2) is 0 Å². The highest BCUT2D eigenvalue weighted by Crippen LogP contribution is 2.30. The molecule has 1 aliphatic rings. The number of nitrogens with one attached hydrogen (secondary N) is 1. The van der Waals surface area contributed by atoms with Crippen molar-refractivity contribution in [2.24, 2.45) is 5.73 Å². The SMILES string of the molecule is CSCCC(=O)NC1(C(N)=S)CCCC1. The van der Waals surface area contributed by atoms with Crippen LogP contribution in [0, 0.1) is 0 Å². The van der Waals surface area contributed by atoms with Crippen LogP contribution in [0.1, 0.15) is 32.1 Å². The molecule has 0 aromatic heterocycles. The van der Waals surface area contributed by atoms with Crippen molar-refractivity contribution in [2.45, 2.75) is 37.6 Å². The van der Waals surface area contributed by atoms with Crippen molar-refractivity contribution in [1.29, 1.82) is 0 Å². The zero-order valence-electron chi connectivity index (χ0n) is 9.04. The summed E-state index contributed by atoms with van der Waals surface area (Å²) in [4.78, 5) is 12.1. The van der Waals surface area contributed by atoms with Crippen molar-refractivity contribution in [2.75, 3.05) is 12.0 Å². The molecule has 0 aromatic carbocycles. The van der Waals surface area contributed by atoms with Gasteiger partial charge in [0, 0.05) is 12.2 Å². The Morgan fingerprint density at radius 1 is 1.53 bits per heavy atom. The third-order valence-corrected chi connectivity index (χ3v) is 3.84. The first kappa shape index (κ1) is 12.8. The highest BCUT2D eigenvalue weighted by Gasteiger charge is 2.37. The van der Waals surface area contributed by atoms with Crippen molar-refractivity contribution >= 4 is 34.9 Å². The van der Waals surface area contributed by atoms with Crippen molar-refractivity contribution in [3.63, 3.8) is 0 Å². The Kier molecular flexibility index (Phi) is 4.86. The summed E-state index contributed by atoms with van der Waals surface area (Å²) in [5.74, 6) is 0.915. The lowest BCUT2D eigenvalue weighted by Gasteiger charge is -2.29. The van der Waals surface area contributed by atoms with Crippen LogP contribution in [0.5, 0.6) is 0 Å². The molecule has 5 heteroatoms. The molecule has 0 atom stereocenters. The average Bonchev–Trinajstić information content (AvgIpc) is 2.64. The maximum atomic E-state index is 11.6. The molecule has 1 rings (SSSR count). The monoisotopic (exact) mass is 246 g/mol. The van der Waals surface area contributed by atoms with Gasteiger partial charge in [0.1, 0.15) is 0 Å². The fourth-order valence-electron chi connectivity index (χ4n) is 1.94. The van der Waals surface area contributed by atoms with Gasteiger partial charge in [-0.05, 0) is 19.1 Å². The topological polar surface area (TPSA) is 55.1 Å². The lowest BCUT2D eigenvalue weighted by atomic mass is 9.97. The smallest absolute Gasteiger partial charge is 0.221 e. The normalized spacial score (nSPS) is 18.7. The minimum atomic E-state index is -0.384. The molecule has 0 spiro atoms. The van der Waals surface area contributed by atoms with E-state index in [1.807, 2.05) is 6.26 Å². The van der Waals surface area contributed by atoms with Gasteiger partial charge < -0.3 is 11.1 Å². The molecular weight excluding hydrogens is 228 g/mol. The predicted molar refractivity (Wildman–Crippen MR) is 69.1 cm³/mol. The number of thioether (sulfide) groups is 1. The van der Waals surface area contributed by atoms with Gasteiger partial charge in [0.05, 0.1) is 10.5 Å². The van der Waals surface area contributed by atoms with Crippen LogP contribution in [0.4, 0.5) is 0 Å². The van der Waals surface area contributed by atoms with E-state index in [1.54, 1.807) is 11.8 Å². The lowest BCUT2D eigenvalue weighted by molar-refractivity contribution is -0.121. The van der Waals surface area contributed by atoms with E-state index in [0.717, 1.165) is 31.4 Å². The van der Waals surface area contributed by atoms with Crippen molar-refractivity contribution in [3.8, 4) is 0 Å². The van der Waals surface area contributed by atoms with Crippen LogP contribution in [-0.2, 0) is 4.79 Å². The largest absolute Gasteiger partial charge is 0.391 e. The van der Waals surface area contributed by atoms with Gasteiger partial charge in [-0.15, -0.1) is 0 Å². The molecule has 1 aliphatic carbocycles. The summed E-state index contributed by atoms with van der Waals surface area (Å²) in [7, 11) is 0. The number of thiocarbonyl (C=S) groups is 1. The molecule has 3 nitrogen and oxygen atoms in total. The third-order valence-electron chi connectivity index (χ3n) is 2.84. The summed E-state index contributed by atoms with van der Waals surface area (Å²) in [5.41, 5.74) is 5.34. The molecular formula is C10H18N2OS2. The first-order chi connectivity index (χ1) is 7.10. The Morgan fingerprint density at radius 3 is 2.60 bits per heavy atom. The molecule has 0 heterocycles. The Morgan fingerprint density at radius 2 is 2.13 bits per heavy atom. The first-order valence-electron chi connectivity index (χ1n) is 5.20. The van der Waals surface area contributed by atoms with Crippen LogP contribution in [0.3, 0.4) is 0 Å². The van der Waals surface area contributed by atoms with Gasteiger partial charge in [0.15, 0.2) is 0 Å². The third kappa shape index (κ3) is 3.34. The van der Waals surface area contributed by atoms with Gasteiger partial charge in [-0.25, -0.2) is 0 Å². The fourth-order valence-corrected chi connectivity index (χ4v) is 2.58. The van der Waals surface area contributed by atoms with E-state index < -0.39 is 0 Å². The van der Waals surface area contributed by atoms with Gasteiger partial charge >= 0.3 is 0 Å². The second-order valence-corrected chi connectivity index (χ2v) is 5.37. The zero-order valence-corrected chi connectivity index (χ0v) is 10.7. The molecule has 15 heavy (non-hydrogen) atoms. The Hall–Kier alpha value is -0.290. The van der Waals surface area contributed by atoms with Crippen LogP contribution in [-0.4, -0.2) is 28.4 Å². The van der Waals surface area contributed by atoms with E-state index in [4.69, 9.17) is 18.0 Å². The molecule has 0 aromatic rings. The summed E-state index contributed by atoms with van der Waals surface area (Å²) in [6.45, 7) is 0. The van der Waals surface area contributed by atoms with Gasteiger partial charge in [-0.2, -0.15) is 11.8 Å². The Bertz CT molecular complexity index is 250. The zero-order chi connectivity index (χ0) is 11.3. The van der Waals surface area contributed by atoms with Crippen molar-refractivity contribution in [3.05, 3.63) is 0 Å². The number of hydrogen-bond acceptors (Lipinski definition) is 3. The van der Waals surface area contributed by atoms with E-state index in [0.29, 0.717) is 11.4 Å². The fraction of sp³-hybridized carbons (Fsp3) is 0.800. The minimum absolute atomic E-state index is 0.0686. The number of carbonyl (C=O) groups is 1. The molecule has 1 amide bonds. The Labute approximate surface area is 101 Å². The number of nitrogens with two attached hydrogens (primary N) is 1. The summed E-state index contributed by atoms with van der Waals surface area (Å²) >= 11 is 6.73. The van der Waals surface area contributed by atoms with Crippen molar-refractivity contribution in [1.82, 2.24) is 5.32 Å². The second kappa shape index (κ2) is 5.70. The molecule has 1 saturated carbocycles. The van der Waals surface area contributed by atoms with E-state index in [9.17, 15) is 4.79 Å². The second-order valence-electron chi connectivity index (χ2n) is 3.94. The Balaban J connectivity index is 2.52. The van der Waals surface area contributed by atoms with Gasteiger partial charge in [0.2, 0.25) is 5.91 Å². The standard InChI is InChI=1S/C10H18N2OS2/c1-15-7-4-8(13)12-10(9(11)14)5-2-3-6-10/h2-7H2,1H3,(H2,11,14)(H,12,13). The summed E-state index contributed by atoms with van der Waals surface area (Å²) in [5, 5.41) is 3.01. The minimum Gasteiger partial charge on any atom is -0.391 e.